The summed E-state index contributed by atoms with van der Waals surface area (Å²) in [4.78, 5) is 6.82. The number of hydrogen-bond acceptors (Lipinski definition) is 7. The van der Waals surface area contributed by atoms with Crippen molar-refractivity contribution >= 4 is 0 Å². The first-order chi connectivity index (χ1) is 12.2. The summed E-state index contributed by atoms with van der Waals surface area (Å²) in [7, 11) is 0. The monoisotopic (exact) mass is 346 g/mol. The molecule has 2 atom stereocenters. The Balaban J connectivity index is 1.52. The van der Waals surface area contributed by atoms with Crippen LogP contribution in [-0.2, 0) is 11.3 Å². The molecule has 4 heterocycles. The zero-order chi connectivity index (χ0) is 17.2. The lowest BCUT2D eigenvalue weighted by atomic mass is 10.0. The van der Waals surface area contributed by atoms with Crippen LogP contribution in [0.15, 0.2) is 15.2 Å². The maximum absolute atomic E-state index is 6.00. The van der Waals surface area contributed by atoms with E-state index in [9.17, 15) is 0 Å². The van der Waals surface area contributed by atoms with Gasteiger partial charge in [-0.3, -0.25) is 4.90 Å². The number of likely N-dealkylation sites (tertiary alicyclic amines) is 1. The highest BCUT2D eigenvalue weighted by Gasteiger charge is 2.32. The molecule has 0 radical (unpaired) electrons. The van der Waals surface area contributed by atoms with Gasteiger partial charge < -0.3 is 13.6 Å². The van der Waals surface area contributed by atoms with Crippen LogP contribution in [0, 0.1) is 0 Å². The molecule has 4 rings (SSSR count). The van der Waals surface area contributed by atoms with E-state index in [0.29, 0.717) is 17.7 Å². The second-order valence-electron chi connectivity index (χ2n) is 7.28. The Labute approximate surface area is 147 Å². The van der Waals surface area contributed by atoms with Crippen molar-refractivity contribution < 1.29 is 13.6 Å². The van der Waals surface area contributed by atoms with E-state index in [1.165, 1.54) is 12.8 Å². The lowest BCUT2D eigenvalue weighted by Crippen LogP contribution is -2.33. The van der Waals surface area contributed by atoms with Gasteiger partial charge in [-0.15, -0.1) is 10.2 Å². The molecule has 2 aliphatic heterocycles. The first-order valence-electron chi connectivity index (χ1n) is 9.33. The maximum Gasteiger partial charge on any atom is 0.245 e. The van der Waals surface area contributed by atoms with Crippen LogP contribution in [-0.4, -0.2) is 33.2 Å². The highest BCUT2D eigenvalue weighted by molar-refractivity contribution is 5.12. The Morgan fingerprint density at radius 3 is 2.84 bits per heavy atom. The summed E-state index contributed by atoms with van der Waals surface area (Å²) in [5, 5.41) is 8.59. The molecule has 2 saturated heterocycles. The van der Waals surface area contributed by atoms with Crippen LogP contribution in [0.4, 0.5) is 0 Å². The van der Waals surface area contributed by atoms with E-state index in [1.807, 2.05) is 0 Å². The van der Waals surface area contributed by atoms with Crippen molar-refractivity contribution in [3.8, 4) is 0 Å². The van der Waals surface area contributed by atoms with Gasteiger partial charge in [0.25, 0.3) is 0 Å². The average molecular weight is 346 g/mol. The minimum atomic E-state index is -0.0265. The molecule has 2 aliphatic rings. The number of nitrogens with zero attached hydrogens (tertiary/aromatic N) is 4. The highest BCUT2D eigenvalue weighted by Crippen LogP contribution is 2.34. The minimum absolute atomic E-state index is 0.0265. The van der Waals surface area contributed by atoms with Crippen molar-refractivity contribution in [3.05, 3.63) is 29.6 Å². The van der Waals surface area contributed by atoms with Gasteiger partial charge >= 0.3 is 0 Å². The molecule has 2 aromatic rings. The molecule has 136 valence electrons. The lowest BCUT2D eigenvalue weighted by molar-refractivity contribution is 0.0791. The van der Waals surface area contributed by atoms with Crippen LogP contribution in [0.25, 0.3) is 0 Å². The summed E-state index contributed by atoms with van der Waals surface area (Å²) in [6.07, 6.45) is 6.93. The lowest BCUT2D eigenvalue weighted by Gasteiger charge is -2.33. The molecule has 2 fully saturated rings. The second kappa shape index (κ2) is 7.25. The number of aromatic nitrogens is 3. The van der Waals surface area contributed by atoms with Gasteiger partial charge in [0.15, 0.2) is 6.39 Å². The normalized spacial score (nSPS) is 25.1. The predicted octanol–water partition coefficient (Wildman–Crippen LogP) is 3.76. The van der Waals surface area contributed by atoms with Crippen molar-refractivity contribution in [1.82, 2.24) is 20.1 Å². The van der Waals surface area contributed by atoms with E-state index in [4.69, 9.17) is 13.6 Å². The number of rotatable bonds is 5. The Morgan fingerprint density at radius 1 is 1.16 bits per heavy atom. The van der Waals surface area contributed by atoms with Crippen LogP contribution in [0.1, 0.15) is 87.3 Å². The predicted molar refractivity (Wildman–Crippen MR) is 89.8 cm³/mol. The SMILES string of the molecule is CC(C)c1ocnc1CN1CCCC[C@@H]1c1nnc([C@H]2CCCO2)o1. The van der Waals surface area contributed by atoms with E-state index in [0.717, 1.165) is 50.4 Å². The number of piperidine rings is 1. The Kier molecular flexibility index (Phi) is 4.85. The van der Waals surface area contributed by atoms with Gasteiger partial charge in [-0.25, -0.2) is 4.98 Å². The molecular formula is C18H26N4O3. The van der Waals surface area contributed by atoms with Crippen molar-refractivity contribution in [2.45, 2.75) is 70.6 Å². The quantitative estimate of drug-likeness (QED) is 0.815. The zero-order valence-electron chi connectivity index (χ0n) is 15.0. The minimum Gasteiger partial charge on any atom is -0.448 e. The Bertz CT molecular complexity index is 690. The summed E-state index contributed by atoms with van der Waals surface area (Å²) in [5.41, 5.74) is 1.01. The topological polar surface area (TPSA) is 77.4 Å². The van der Waals surface area contributed by atoms with Crippen LogP contribution >= 0.6 is 0 Å². The van der Waals surface area contributed by atoms with Crippen LogP contribution < -0.4 is 0 Å². The molecule has 0 spiro atoms. The van der Waals surface area contributed by atoms with E-state index in [2.05, 4.69) is 33.9 Å². The molecule has 0 N–H and O–H groups in total. The van der Waals surface area contributed by atoms with Gasteiger partial charge in [-0.05, 0) is 32.2 Å². The molecule has 0 bridgehead atoms. The maximum atomic E-state index is 6.00. The molecule has 2 aromatic heterocycles. The van der Waals surface area contributed by atoms with Gasteiger partial charge in [0.05, 0.1) is 11.7 Å². The van der Waals surface area contributed by atoms with E-state index in [1.54, 1.807) is 6.39 Å². The van der Waals surface area contributed by atoms with Crippen LogP contribution in [0.2, 0.25) is 0 Å². The molecule has 0 saturated carbocycles. The Hall–Kier alpha value is -1.73. The molecular weight excluding hydrogens is 320 g/mol. The second-order valence-corrected chi connectivity index (χ2v) is 7.28. The van der Waals surface area contributed by atoms with Crippen molar-refractivity contribution in [1.29, 1.82) is 0 Å². The van der Waals surface area contributed by atoms with Gasteiger partial charge in [0.1, 0.15) is 11.9 Å². The van der Waals surface area contributed by atoms with Crippen molar-refractivity contribution in [3.63, 3.8) is 0 Å². The standard InChI is InChI=1S/C18H26N4O3/c1-12(2)16-13(19-11-24-16)10-22-8-4-3-6-14(22)17-20-21-18(25-17)15-7-5-9-23-15/h11-12,14-15H,3-10H2,1-2H3/t14-,15-/m1/s1. The Morgan fingerprint density at radius 2 is 2.04 bits per heavy atom. The van der Waals surface area contributed by atoms with Crippen molar-refractivity contribution in [2.24, 2.45) is 0 Å². The summed E-state index contributed by atoms with van der Waals surface area (Å²) < 4.78 is 17.2. The number of hydrogen-bond donors (Lipinski definition) is 0. The molecule has 0 aromatic carbocycles. The summed E-state index contributed by atoms with van der Waals surface area (Å²) in [6.45, 7) is 6.80. The number of ether oxygens (including phenoxy) is 1. The molecule has 0 amide bonds. The third-order valence-electron chi connectivity index (χ3n) is 5.11. The largest absolute Gasteiger partial charge is 0.448 e. The summed E-state index contributed by atoms with van der Waals surface area (Å²) in [5.74, 6) is 2.63. The zero-order valence-corrected chi connectivity index (χ0v) is 15.0. The fourth-order valence-corrected chi connectivity index (χ4v) is 3.80. The first-order valence-corrected chi connectivity index (χ1v) is 9.33. The molecule has 25 heavy (non-hydrogen) atoms. The van der Waals surface area contributed by atoms with Crippen LogP contribution in [0.5, 0.6) is 0 Å². The average Bonchev–Trinajstić information content (AvgIpc) is 3.36. The molecule has 7 heteroatoms. The third-order valence-corrected chi connectivity index (χ3v) is 5.11. The molecule has 0 unspecified atom stereocenters. The first kappa shape index (κ1) is 16.7. The van der Waals surface area contributed by atoms with Crippen LogP contribution in [0.3, 0.4) is 0 Å². The molecule has 0 aliphatic carbocycles. The summed E-state index contributed by atoms with van der Waals surface area (Å²) in [6, 6.07) is 0.146. The van der Waals surface area contributed by atoms with Gasteiger partial charge in [-0.1, -0.05) is 20.3 Å². The summed E-state index contributed by atoms with van der Waals surface area (Å²) >= 11 is 0. The van der Waals surface area contributed by atoms with E-state index >= 15 is 0 Å². The molecule has 7 nitrogen and oxygen atoms in total. The fourth-order valence-electron chi connectivity index (χ4n) is 3.80. The van der Waals surface area contributed by atoms with E-state index < -0.39 is 0 Å². The third kappa shape index (κ3) is 3.48. The smallest absolute Gasteiger partial charge is 0.245 e. The van der Waals surface area contributed by atoms with E-state index in [-0.39, 0.29) is 12.1 Å². The van der Waals surface area contributed by atoms with Gasteiger partial charge in [0, 0.05) is 19.1 Å². The fraction of sp³-hybridized carbons (Fsp3) is 0.722. The number of oxazole rings is 1. The van der Waals surface area contributed by atoms with Gasteiger partial charge in [-0.2, -0.15) is 0 Å². The van der Waals surface area contributed by atoms with Crippen molar-refractivity contribution in [2.75, 3.05) is 13.2 Å². The van der Waals surface area contributed by atoms with Gasteiger partial charge in [0.2, 0.25) is 11.8 Å². The highest BCUT2D eigenvalue weighted by atomic mass is 16.5.